The van der Waals surface area contributed by atoms with Crippen molar-refractivity contribution in [1.29, 1.82) is 0 Å². The van der Waals surface area contributed by atoms with Gasteiger partial charge in [-0.3, -0.25) is 14.5 Å². The van der Waals surface area contributed by atoms with Gasteiger partial charge in [-0.1, -0.05) is 13.8 Å². The van der Waals surface area contributed by atoms with Crippen LogP contribution in [0.4, 0.5) is 24.5 Å². The molecular weight excluding hydrogens is 285 g/mol. The second kappa shape index (κ2) is 4.75. The van der Waals surface area contributed by atoms with E-state index in [0.717, 1.165) is 17.0 Å². The van der Waals surface area contributed by atoms with Crippen molar-refractivity contribution < 1.29 is 22.8 Å². The smallest absolute Gasteiger partial charge is 0.398 e. The first-order valence-electron chi connectivity index (χ1n) is 6.34. The van der Waals surface area contributed by atoms with Gasteiger partial charge in [-0.2, -0.15) is 13.2 Å². The monoisotopic (exact) mass is 300 g/mol. The van der Waals surface area contributed by atoms with Crippen LogP contribution in [0.25, 0.3) is 0 Å². The summed E-state index contributed by atoms with van der Waals surface area (Å²) in [6.07, 6.45) is -4.43. The van der Waals surface area contributed by atoms with Crippen LogP contribution < -0.4 is 10.6 Å². The van der Waals surface area contributed by atoms with E-state index in [1.165, 1.54) is 6.07 Å². The lowest BCUT2D eigenvalue weighted by molar-refractivity contribution is -0.137. The van der Waals surface area contributed by atoms with Crippen LogP contribution in [-0.2, 0) is 15.8 Å². The minimum atomic E-state index is -4.64. The number of alkyl halides is 3. The van der Waals surface area contributed by atoms with Gasteiger partial charge in [0.05, 0.1) is 11.3 Å². The van der Waals surface area contributed by atoms with Gasteiger partial charge >= 0.3 is 6.18 Å². The lowest BCUT2D eigenvalue weighted by Crippen LogP contribution is -2.46. The van der Waals surface area contributed by atoms with E-state index in [1.807, 2.05) is 0 Å². The lowest BCUT2D eigenvalue weighted by Gasteiger charge is -2.34. The number of hydrogen-bond donors (Lipinski definition) is 1. The summed E-state index contributed by atoms with van der Waals surface area (Å²) in [5, 5.41) is 0. The number of imide groups is 1. The number of nitrogens with two attached hydrogens (primary N) is 1. The van der Waals surface area contributed by atoms with Gasteiger partial charge in [0.2, 0.25) is 11.8 Å². The number of halogens is 3. The number of carbonyl (C=O) groups is 2. The maximum Gasteiger partial charge on any atom is 0.418 e. The SMILES string of the molecule is CC1(C)CC(=O)N(c2ccc(N)c(C(F)(F)F)c2)C(=O)C1. The molecule has 1 aromatic rings. The number of benzene rings is 1. The zero-order valence-electron chi connectivity index (χ0n) is 11.6. The molecule has 1 saturated heterocycles. The number of hydrogen-bond acceptors (Lipinski definition) is 3. The molecule has 1 aromatic carbocycles. The molecule has 21 heavy (non-hydrogen) atoms. The number of amides is 2. The first-order chi connectivity index (χ1) is 9.51. The Hall–Kier alpha value is -2.05. The van der Waals surface area contributed by atoms with Crippen LogP contribution in [0.2, 0.25) is 0 Å². The first-order valence-corrected chi connectivity index (χ1v) is 6.34. The van der Waals surface area contributed by atoms with Crippen molar-refractivity contribution in [2.24, 2.45) is 5.41 Å². The highest BCUT2D eigenvalue weighted by Crippen LogP contribution is 2.38. The van der Waals surface area contributed by atoms with E-state index in [2.05, 4.69) is 0 Å². The Labute approximate surface area is 119 Å². The number of nitrogen functional groups attached to an aromatic ring is 1. The van der Waals surface area contributed by atoms with Crippen molar-refractivity contribution in [3.05, 3.63) is 23.8 Å². The lowest BCUT2D eigenvalue weighted by atomic mass is 9.81. The fourth-order valence-electron chi connectivity index (χ4n) is 2.40. The standard InChI is InChI=1S/C14H15F3N2O2/c1-13(2)6-11(20)19(12(21)7-13)8-3-4-10(18)9(5-8)14(15,16)17/h3-5H,6-7,18H2,1-2H3. The van der Waals surface area contributed by atoms with Crippen molar-refractivity contribution >= 4 is 23.2 Å². The van der Waals surface area contributed by atoms with E-state index < -0.39 is 34.7 Å². The van der Waals surface area contributed by atoms with Gasteiger partial charge < -0.3 is 5.73 Å². The quantitative estimate of drug-likeness (QED) is 0.640. The zero-order valence-corrected chi connectivity index (χ0v) is 11.6. The molecule has 114 valence electrons. The van der Waals surface area contributed by atoms with Gasteiger partial charge in [-0.15, -0.1) is 0 Å². The molecule has 1 aliphatic rings. The Balaban J connectivity index is 2.43. The third-order valence-corrected chi connectivity index (χ3v) is 3.36. The van der Waals surface area contributed by atoms with Gasteiger partial charge in [0, 0.05) is 18.5 Å². The molecule has 0 bridgehead atoms. The molecule has 2 N–H and O–H groups in total. The highest BCUT2D eigenvalue weighted by molar-refractivity contribution is 6.17. The van der Waals surface area contributed by atoms with Crippen LogP contribution in [0, 0.1) is 5.41 Å². The molecule has 0 atom stereocenters. The molecule has 0 spiro atoms. The topological polar surface area (TPSA) is 63.4 Å². The van der Waals surface area contributed by atoms with E-state index in [1.54, 1.807) is 13.8 Å². The van der Waals surface area contributed by atoms with Gasteiger partial charge in [-0.05, 0) is 23.6 Å². The van der Waals surface area contributed by atoms with Crippen molar-refractivity contribution in [1.82, 2.24) is 0 Å². The largest absolute Gasteiger partial charge is 0.418 e. The summed E-state index contributed by atoms with van der Waals surface area (Å²) in [4.78, 5) is 24.9. The van der Waals surface area contributed by atoms with Crippen LogP contribution in [0.5, 0.6) is 0 Å². The molecule has 0 unspecified atom stereocenters. The van der Waals surface area contributed by atoms with E-state index in [4.69, 9.17) is 5.73 Å². The third-order valence-electron chi connectivity index (χ3n) is 3.36. The number of rotatable bonds is 1. The van der Waals surface area contributed by atoms with Crippen molar-refractivity contribution in [2.75, 3.05) is 10.6 Å². The van der Waals surface area contributed by atoms with Crippen LogP contribution >= 0.6 is 0 Å². The minimum Gasteiger partial charge on any atom is -0.398 e. The predicted octanol–water partition coefficient (Wildman–Crippen LogP) is 2.97. The molecule has 1 aliphatic heterocycles. The summed E-state index contributed by atoms with van der Waals surface area (Å²) >= 11 is 0. The molecule has 2 rings (SSSR count). The Morgan fingerprint density at radius 1 is 1.14 bits per heavy atom. The number of anilines is 2. The Bertz CT molecular complexity index is 589. The molecule has 0 saturated carbocycles. The molecule has 7 heteroatoms. The molecule has 0 radical (unpaired) electrons. The average molecular weight is 300 g/mol. The average Bonchev–Trinajstić information content (AvgIpc) is 2.27. The van der Waals surface area contributed by atoms with E-state index in [9.17, 15) is 22.8 Å². The zero-order chi connectivity index (χ0) is 16.0. The molecule has 0 aromatic heterocycles. The Kier molecular flexibility index (Phi) is 3.47. The van der Waals surface area contributed by atoms with E-state index in [0.29, 0.717) is 0 Å². The van der Waals surface area contributed by atoms with Gasteiger partial charge in [0.15, 0.2) is 0 Å². The van der Waals surface area contributed by atoms with Gasteiger partial charge in [0.25, 0.3) is 0 Å². The summed E-state index contributed by atoms with van der Waals surface area (Å²) in [7, 11) is 0. The van der Waals surface area contributed by atoms with E-state index >= 15 is 0 Å². The molecular formula is C14H15F3N2O2. The van der Waals surface area contributed by atoms with Crippen molar-refractivity contribution in [3.63, 3.8) is 0 Å². The second-order valence-electron chi connectivity index (χ2n) is 5.91. The van der Waals surface area contributed by atoms with Crippen molar-refractivity contribution in [3.8, 4) is 0 Å². The van der Waals surface area contributed by atoms with Crippen molar-refractivity contribution in [2.45, 2.75) is 32.9 Å². The van der Waals surface area contributed by atoms with Gasteiger partial charge in [-0.25, -0.2) is 0 Å². The molecule has 2 amide bonds. The third kappa shape index (κ3) is 3.01. The number of carbonyl (C=O) groups excluding carboxylic acids is 2. The summed E-state index contributed by atoms with van der Waals surface area (Å²) < 4.78 is 38.5. The van der Waals surface area contributed by atoms with Crippen LogP contribution in [0.15, 0.2) is 18.2 Å². The highest BCUT2D eigenvalue weighted by atomic mass is 19.4. The second-order valence-corrected chi connectivity index (χ2v) is 5.91. The molecule has 1 fully saturated rings. The fraction of sp³-hybridized carbons (Fsp3) is 0.429. The summed E-state index contributed by atoms with van der Waals surface area (Å²) in [5.74, 6) is -1.01. The normalized spacial score (nSPS) is 19.0. The predicted molar refractivity (Wildman–Crippen MR) is 71.4 cm³/mol. The van der Waals surface area contributed by atoms with Crippen LogP contribution in [-0.4, -0.2) is 11.8 Å². The summed E-state index contributed by atoms with van der Waals surface area (Å²) in [6, 6.07) is 3.04. The summed E-state index contributed by atoms with van der Waals surface area (Å²) in [6.45, 7) is 3.54. The number of piperidine rings is 1. The maximum absolute atomic E-state index is 12.8. The maximum atomic E-state index is 12.8. The van der Waals surface area contributed by atoms with Gasteiger partial charge in [0.1, 0.15) is 0 Å². The number of nitrogens with zero attached hydrogens (tertiary/aromatic N) is 1. The highest BCUT2D eigenvalue weighted by Gasteiger charge is 2.39. The first kappa shape index (κ1) is 15.3. The molecule has 0 aliphatic carbocycles. The van der Waals surface area contributed by atoms with E-state index in [-0.39, 0.29) is 18.5 Å². The summed E-state index contributed by atoms with van der Waals surface area (Å²) in [5.41, 5.74) is 3.24. The Morgan fingerprint density at radius 2 is 1.67 bits per heavy atom. The fourth-order valence-corrected chi connectivity index (χ4v) is 2.40. The minimum absolute atomic E-state index is 0.0953. The Morgan fingerprint density at radius 3 is 2.14 bits per heavy atom. The van der Waals surface area contributed by atoms with Crippen LogP contribution in [0.3, 0.4) is 0 Å². The molecule has 4 nitrogen and oxygen atoms in total. The van der Waals surface area contributed by atoms with Crippen LogP contribution in [0.1, 0.15) is 32.3 Å². The molecule has 1 heterocycles.